The van der Waals surface area contributed by atoms with Crippen molar-refractivity contribution in [3.05, 3.63) is 48.5 Å². The van der Waals surface area contributed by atoms with Crippen molar-refractivity contribution < 1.29 is 30.2 Å². The zero-order valence-electron chi connectivity index (χ0n) is 16.5. The minimum absolute atomic E-state index is 0.679. The summed E-state index contributed by atoms with van der Waals surface area (Å²) in [6.07, 6.45) is 0. The van der Waals surface area contributed by atoms with Crippen molar-refractivity contribution in [2.45, 2.75) is 6.55 Å². The number of azo groups is 1. The van der Waals surface area contributed by atoms with Gasteiger partial charge in [0.2, 0.25) is 0 Å². The molecule has 0 bridgehead atoms. The maximum atomic E-state index is 9.13. The van der Waals surface area contributed by atoms with E-state index in [0.717, 1.165) is 27.0 Å². The molecule has 0 aliphatic rings. The van der Waals surface area contributed by atoms with Gasteiger partial charge in [-0.1, -0.05) is 24.3 Å². The van der Waals surface area contributed by atoms with E-state index in [1.165, 1.54) is 11.7 Å². The van der Waals surface area contributed by atoms with Crippen LogP contribution in [0.1, 0.15) is 0 Å². The van der Waals surface area contributed by atoms with E-state index in [9.17, 15) is 0 Å². The van der Waals surface area contributed by atoms with Crippen LogP contribution in [0, 0.1) is 0 Å². The Hall–Kier alpha value is -0.722. The second kappa shape index (κ2) is 13.6. The molecule has 0 fully saturated rings. The first-order chi connectivity index (χ1) is 14.0. The molecule has 0 heterocycles. The van der Waals surface area contributed by atoms with E-state index >= 15 is 0 Å². The van der Waals surface area contributed by atoms with Gasteiger partial charge in [-0.15, -0.1) is 0 Å². The Morgan fingerprint density at radius 2 is 1.24 bits per heavy atom. The molecule has 0 spiro atoms. The van der Waals surface area contributed by atoms with Crippen LogP contribution in [0.3, 0.4) is 0 Å². The van der Waals surface area contributed by atoms with Gasteiger partial charge in [-0.3, -0.25) is 0 Å². The van der Waals surface area contributed by atoms with E-state index in [1.807, 2.05) is 48.5 Å². The molecule has 0 amide bonds. The maximum absolute atomic E-state index is 9.13. The van der Waals surface area contributed by atoms with Crippen LogP contribution in [0.5, 0.6) is 0 Å². The van der Waals surface area contributed by atoms with Crippen molar-refractivity contribution in [3.63, 3.8) is 0 Å². The molecule has 9 nitrogen and oxygen atoms in total. The van der Waals surface area contributed by atoms with Gasteiger partial charge in [0.25, 0.3) is 30.0 Å². The summed E-state index contributed by atoms with van der Waals surface area (Å²) in [6.45, 7) is 1.29. The van der Waals surface area contributed by atoms with Crippen LogP contribution in [0.4, 0.5) is 11.4 Å². The fourth-order valence-electron chi connectivity index (χ4n) is 2.08. The molecular weight excluding hydrogens is 493 g/mol. The zero-order chi connectivity index (χ0) is 21.0. The Balaban J connectivity index is 1.71. The molecule has 29 heavy (non-hydrogen) atoms. The van der Waals surface area contributed by atoms with E-state index < -0.39 is 58.4 Å². The first-order valence-corrected chi connectivity index (χ1v) is 18.0. The summed E-state index contributed by atoms with van der Waals surface area (Å²) in [5.41, 5.74) is 1.59. The lowest BCUT2D eigenvalue weighted by atomic mass is 10.3. The second-order valence-corrected chi connectivity index (χ2v) is 19.3. The van der Waals surface area contributed by atoms with Crippen LogP contribution in [-0.2, 0) is 20.6 Å². The lowest BCUT2D eigenvalue weighted by Crippen LogP contribution is -2.37. The Morgan fingerprint density at radius 1 is 0.759 bits per heavy atom. The average molecular weight is 519 g/mol. The second-order valence-electron chi connectivity index (χ2n) is 6.15. The molecule has 2 N–H and O–H groups in total. The molecule has 0 atom stereocenters. The number of benzene rings is 2. The average Bonchev–Trinajstić information content (AvgIpc) is 2.70. The number of hydrogen-bond acceptors (Lipinski definition) is 9. The summed E-state index contributed by atoms with van der Waals surface area (Å²) >= 11 is 0. The van der Waals surface area contributed by atoms with Gasteiger partial charge in [0.1, 0.15) is 10.5 Å². The van der Waals surface area contributed by atoms with E-state index in [-0.39, 0.29) is 0 Å². The summed E-state index contributed by atoms with van der Waals surface area (Å²) in [5.74, 6) is 0. The minimum Gasteiger partial charge on any atom is -0.449 e. The molecule has 2 aromatic rings. The lowest BCUT2D eigenvalue weighted by molar-refractivity contribution is 0.239. The Morgan fingerprint density at radius 3 is 1.69 bits per heavy atom. The van der Waals surface area contributed by atoms with E-state index in [2.05, 4.69) is 10.2 Å². The normalized spacial score (nSPS) is 14.2. The van der Waals surface area contributed by atoms with Crippen LogP contribution in [0.2, 0.25) is 6.55 Å². The largest absolute Gasteiger partial charge is 0.482 e. The number of hydrogen-bond donors (Lipinski definition) is 2. The smallest absolute Gasteiger partial charge is 0.449 e. The number of rotatable bonds is 13. The van der Waals surface area contributed by atoms with Crippen molar-refractivity contribution in [1.29, 1.82) is 0 Å². The third kappa shape index (κ3) is 11.3. The predicted molar refractivity (Wildman–Crippen MR) is 130 cm³/mol. The van der Waals surface area contributed by atoms with Crippen molar-refractivity contribution in [2.24, 2.45) is 10.2 Å². The SMILES string of the molecule is C[Si](O)(O)O[SiH2]O[SiH2]O[SiH2]c1ccc(N=Nc2ccc([SiH2]O[SiH2]O[SiH3])cc2)cc1. The molecule has 2 aromatic carbocycles. The summed E-state index contributed by atoms with van der Waals surface area (Å²) in [7, 11) is -7.44. The summed E-state index contributed by atoms with van der Waals surface area (Å²) < 4.78 is 26.6. The van der Waals surface area contributed by atoms with Crippen molar-refractivity contribution in [2.75, 3.05) is 0 Å². The van der Waals surface area contributed by atoms with Gasteiger partial charge in [0, 0.05) is 6.55 Å². The fraction of sp³-hybridized carbons (Fsp3) is 0.0769. The molecule has 0 aromatic heterocycles. The van der Waals surface area contributed by atoms with Gasteiger partial charge >= 0.3 is 8.80 Å². The molecule has 0 unspecified atom stereocenters. The molecule has 0 aliphatic carbocycles. The van der Waals surface area contributed by atoms with Gasteiger partial charge in [0.15, 0.2) is 19.5 Å². The third-order valence-electron chi connectivity index (χ3n) is 3.47. The number of nitrogens with zero attached hydrogens (tertiary/aromatic N) is 2. The van der Waals surface area contributed by atoms with Crippen LogP contribution < -0.4 is 10.4 Å². The lowest BCUT2D eigenvalue weighted by Gasteiger charge is -2.12. The Kier molecular flexibility index (Phi) is 11.5. The third-order valence-corrected chi connectivity index (χ3v) is 13.0. The van der Waals surface area contributed by atoms with Gasteiger partial charge < -0.3 is 30.2 Å². The highest BCUT2D eigenvalue weighted by Gasteiger charge is 2.23. The van der Waals surface area contributed by atoms with Crippen molar-refractivity contribution in [1.82, 2.24) is 0 Å². The first-order valence-electron chi connectivity index (χ1n) is 8.87. The van der Waals surface area contributed by atoms with Gasteiger partial charge in [-0.2, -0.15) is 10.2 Å². The Bertz CT molecular complexity index is 747. The molecular formula is C13H26N2O7Si7. The standard InChI is InChI=1S/C13H26N2O7Si7/c1-29(16,17)22-28-21-27-20-25-13-8-4-11(5-9-13)15-14-10-2-6-12(7-3-10)24-19-26-18-23/h2-9,16-17H,24-28H2,1,23H3. The molecule has 2 rings (SSSR count). The molecule has 0 radical (unpaired) electrons. The first kappa shape index (κ1) is 24.5. The highest BCUT2D eigenvalue weighted by molar-refractivity contribution is 6.62. The van der Waals surface area contributed by atoms with Crippen molar-refractivity contribution >= 4 is 90.6 Å². The highest BCUT2D eigenvalue weighted by Crippen LogP contribution is 2.16. The molecule has 0 saturated heterocycles. The fourth-order valence-corrected chi connectivity index (χ4v) is 11.4. The topological polar surface area (TPSA) is 111 Å². The molecule has 16 heteroatoms. The van der Waals surface area contributed by atoms with E-state index in [0.29, 0.717) is 0 Å². The predicted octanol–water partition coefficient (Wildman–Crippen LogP) is -4.57. The molecule has 0 aliphatic heterocycles. The summed E-state index contributed by atoms with van der Waals surface area (Å²) in [4.78, 5) is 18.3. The van der Waals surface area contributed by atoms with Crippen LogP contribution in [-0.4, -0.2) is 78.4 Å². The Labute approximate surface area is 185 Å². The quantitative estimate of drug-likeness (QED) is 0.156. The maximum Gasteiger partial charge on any atom is 0.482 e. The van der Waals surface area contributed by atoms with Crippen LogP contribution in [0.25, 0.3) is 0 Å². The van der Waals surface area contributed by atoms with Gasteiger partial charge in [0.05, 0.1) is 11.4 Å². The minimum atomic E-state index is -3.44. The molecule has 0 saturated carbocycles. The van der Waals surface area contributed by atoms with E-state index in [4.69, 9.17) is 30.2 Å². The summed E-state index contributed by atoms with van der Waals surface area (Å²) in [6, 6.07) is 15.8. The highest BCUT2D eigenvalue weighted by atomic mass is 28.4. The van der Waals surface area contributed by atoms with Crippen LogP contribution in [0.15, 0.2) is 58.8 Å². The van der Waals surface area contributed by atoms with Crippen LogP contribution >= 0.6 is 0 Å². The summed E-state index contributed by atoms with van der Waals surface area (Å²) in [5, 5.41) is 10.9. The molecule has 158 valence electrons. The monoisotopic (exact) mass is 518 g/mol. The zero-order valence-corrected chi connectivity index (χ0v) is 26.6. The van der Waals surface area contributed by atoms with E-state index in [1.54, 1.807) is 0 Å². The van der Waals surface area contributed by atoms with Gasteiger partial charge in [-0.05, 0) is 34.6 Å². The van der Waals surface area contributed by atoms with Gasteiger partial charge in [-0.25, -0.2) is 0 Å². The van der Waals surface area contributed by atoms with Crippen molar-refractivity contribution in [3.8, 4) is 0 Å².